The van der Waals surface area contributed by atoms with Crippen LogP contribution in [0.5, 0.6) is 17.4 Å². The number of fused-ring (bicyclic) bond motifs is 3. The summed E-state index contributed by atoms with van der Waals surface area (Å²) >= 11 is 1.52. The van der Waals surface area contributed by atoms with Crippen LogP contribution in [0.25, 0.3) is 11.3 Å². The van der Waals surface area contributed by atoms with Crippen LogP contribution in [0.3, 0.4) is 0 Å². The molecule has 0 aliphatic carbocycles. The zero-order valence-electron chi connectivity index (χ0n) is 18.2. The molecular formula is C25H22N4O3S. The SMILES string of the molecule is COc1cccc(C2Nc3ccccc3-c3nnc(SCc4ccccc4)nc3O2)c1OC. The summed E-state index contributed by atoms with van der Waals surface area (Å²) in [6, 6.07) is 23.7. The fourth-order valence-corrected chi connectivity index (χ4v) is 4.42. The Morgan fingerprint density at radius 2 is 1.73 bits per heavy atom. The Morgan fingerprint density at radius 3 is 2.55 bits per heavy atom. The molecule has 1 unspecified atom stereocenters. The van der Waals surface area contributed by atoms with Gasteiger partial charge in [0.15, 0.2) is 17.2 Å². The van der Waals surface area contributed by atoms with Gasteiger partial charge >= 0.3 is 0 Å². The Kier molecular flexibility index (Phi) is 5.99. The van der Waals surface area contributed by atoms with Crippen LogP contribution in [0.15, 0.2) is 78.0 Å². The summed E-state index contributed by atoms with van der Waals surface area (Å²) in [5.41, 5.74) is 4.31. The maximum absolute atomic E-state index is 6.39. The Bertz CT molecular complexity index is 1270. The first-order chi connectivity index (χ1) is 16.3. The molecular weight excluding hydrogens is 436 g/mol. The van der Waals surface area contributed by atoms with E-state index in [1.165, 1.54) is 17.3 Å². The van der Waals surface area contributed by atoms with Gasteiger partial charge in [0.2, 0.25) is 17.3 Å². The summed E-state index contributed by atoms with van der Waals surface area (Å²) in [7, 11) is 3.23. The summed E-state index contributed by atoms with van der Waals surface area (Å²) in [6.07, 6.45) is -0.568. The molecule has 0 saturated heterocycles. The number of hydrogen-bond donors (Lipinski definition) is 1. The zero-order chi connectivity index (χ0) is 22.6. The molecule has 166 valence electrons. The first-order valence-corrected chi connectivity index (χ1v) is 11.4. The van der Waals surface area contributed by atoms with Crippen molar-refractivity contribution in [3.8, 4) is 28.6 Å². The molecule has 1 aromatic heterocycles. The van der Waals surface area contributed by atoms with Gasteiger partial charge < -0.3 is 19.5 Å². The topological polar surface area (TPSA) is 78.4 Å². The van der Waals surface area contributed by atoms with Gasteiger partial charge in [-0.1, -0.05) is 66.4 Å². The number of nitrogens with zero attached hydrogens (tertiary/aromatic N) is 3. The first-order valence-electron chi connectivity index (χ1n) is 10.4. The molecule has 0 fully saturated rings. The van der Waals surface area contributed by atoms with E-state index in [1.54, 1.807) is 14.2 Å². The third-order valence-corrected chi connectivity index (χ3v) is 6.17. The number of para-hydroxylation sites is 2. The molecule has 4 aromatic rings. The minimum absolute atomic E-state index is 0.410. The van der Waals surface area contributed by atoms with Crippen molar-refractivity contribution in [3.05, 3.63) is 83.9 Å². The van der Waals surface area contributed by atoms with Crippen LogP contribution in [0.2, 0.25) is 0 Å². The van der Waals surface area contributed by atoms with Crippen LogP contribution < -0.4 is 19.5 Å². The Labute approximate surface area is 196 Å². The molecule has 7 nitrogen and oxygen atoms in total. The molecule has 0 bridgehead atoms. The van der Waals surface area contributed by atoms with Crippen molar-refractivity contribution >= 4 is 17.4 Å². The highest BCUT2D eigenvalue weighted by atomic mass is 32.2. The number of nitrogens with one attached hydrogen (secondary N) is 1. The molecule has 2 heterocycles. The molecule has 1 atom stereocenters. The normalized spacial score (nSPS) is 14.2. The lowest BCUT2D eigenvalue weighted by molar-refractivity contribution is 0.218. The van der Waals surface area contributed by atoms with Gasteiger partial charge in [-0.25, -0.2) is 0 Å². The molecule has 8 heteroatoms. The van der Waals surface area contributed by atoms with Crippen molar-refractivity contribution in [3.63, 3.8) is 0 Å². The third kappa shape index (κ3) is 4.29. The Balaban J connectivity index is 1.53. The lowest BCUT2D eigenvalue weighted by Gasteiger charge is -2.22. The van der Waals surface area contributed by atoms with E-state index >= 15 is 0 Å². The lowest BCUT2D eigenvalue weighted by Crippen LogP contribution is -2.18. The van der Waals surface area contributed by atoms with Crippen LogP contribution in [-0.4, -0.2) is 29.4 Å². The number of methoxy groups -OCH3 is 2. The fraction of sp³-hybridized carbons (Fsp3) is 0.160. The van der Waals surface area contributed by atoms with E-state index in [0.717, 1.165) is 22.6 Å². The first kappa shape index (κ1) is 21.1. The van der Waals surface area contributed by atoms with E-state index in [1.807, 2.05) is 60.7 Å². The van der Waals surface area contributed by atoms with Crippen molar-refractivity contribution in [2.24, 2.45) is 0 Å². The van der Waals surface area contributed by atoms with Gasteiger partial charge in [-0.2, -0.15) is 4.98 Å². The van der Waals surface area contributed by atoms with E-state index in [4.69, 9.17) is 19.2 Å². The van der Waals surface area contributed by atoms with Crippen molar-refractivity contribution < 1.29 is 14.2 Å². The number of ether oxygens (including phenoxy) is 3. The molecule has 1 aliphatic heterocycles. The predicted molar refractivity (Wildman–Crippen MR) is 128 cm³/mol. The largest absolute Gasteiger partial charge is 0.493 e. The molecule has 0 amide bonds. The van der Waals surface area contributed by atoms with Gasteiger partial charge in [0.1, 0.15) is 0 Å². The smallest absolute Gasteiger partial charge is 0.247 e. The maximum Gasteiger partial charge on any atom is 0.247 e. The minimum Gasteiger partial charge on any atom is -0.493 e. The van der Waals surface area contributed by atoms with E-state index in [2.05, 4.69) is 27.6 Å². The zero-order valence-corrected chi connectivity index (χ0v) is 19.0. The average molecular weight is 459 g/mol. The third-order valence-electron chi connectivity index (χ3n) is 5.26. The molecule has 5 rings (SSSR count). The molecule has 33 heavy (non-hydrogen) atoms. The van der Waals surface area contributed by atoms with E-state index in [9.17, 15) is 0 Å². The number of rotatable bonds is 6. The molecule has 1 aliphatic rings. The molecule has 0 radical (unpaired) electrons. The number of aromatic nitrogens is 3. The molecule has 1 N–H and O–H groups in total. The number of benzene rings is 3. The van der Waals surface area contributed by atoms with Crippen molar-refractivity contribution in [1.29, 1.82) is 0 Å². The van der Waals surface area contributed by atoms with E-state index in [0.29, 0.717) is 28.2 Å². The lowest BCUT2D eigenvalue weighted by atomic mass is 10.1. The summed E-state index contributed by atoms with van der Waals surface area (Å²) in [4.78, 5) is 4.72. The second kappa shape index (κ2) is 9.38. The second-order valence-electron chi connectivity index (χ2n) is 7.29. The fourth-order valence-electron chi connectivity index (χ4n) is 3.69. The number of anilines is 1. The van der Waals surface area contributed by atoms with Gasteiger partial charge in [-0.3, -0.25) is 0 Å². The Hall–Kier alpha value is -3.78. The minimum atomic E-state index is -0.568. The average Bonchev–Trinajstić information content (AvgIpc) is 3.04. The van der Waals surface area contributed by atoms with Gasteiger partial charge in [0, 0.05) is 17.0 Å². The highest BCUT2D eigenvalue weighted by molar-refractivity contribution is 7.98. The van der Waals surface area contributed by atoms with Crippen molar-refractivity contribution in [2.75, 3.05) is 19.5 Å². The van der Waals surface area contributed by atoms with Crippen LogP contribution in [-0.2, 0) is 5.75 Å². The quantitative estimate of drug-likeness (QED) is 0.387. The predicted octanol–water partition coefficient (Wildman–Crippen LogP) is 5.35. The van der Waals surface area contributed by atoms with Gasteiger partial charge in [-0.05, 0) is 23.8 Å². The van der Waals surface area contributed by atoms with Gasteiger partial charge in [0.05, 0.1) is 19.8 Å². The van der Waals surface area contributed by atoms with Crippen LogP contribution in [0, 0.1) is 0 Å². The molecule has 0 spiro atoms. The van der Waals surface area contributed by atoms with Crippen LogP contribution in [0.1, 0.15) is 17.4 Å². The molecule has 0 saturated carbocycles. The standard InChI is InChI=1S/C25H22N4O3S/c1-30-20-14-8-12-18(22(20)31-2)23-26-19-13-7-6-11-17(19)21-24(32-23)27-25(29-28-21)33-15-16-9-4-3-5-10-16/h3-14,23,26H,15H2,1-2H3. The number of thioether (sulfide) groups is 1. The highest BCUT2D eigenvalue weighted by Gasteiger charge is 2.28. The summed E-state index contributed by atoms with van der Waals surface area (Å²) in [5, 5.41) is 12.8. The van der Waals surface area contributed by atoms with Crippen molar-refractivity contribution in [1.82, 2.24) is 15.2 Å². The van der Waals surface area contributed by atoms with Crippen molar-refractivity contribution in [2.45, 2.75) is 17.1 Å². The second-order valence-corrected chi connectivity index (χ2v) is 8.24. The van der Waals surface area contributed by atoms with E-state index in [-0.39, 0.29) is 0 Å². The monoisotopic (exact) mass is 458 g/mol. The summed E-state index contributed by atoms with van der Waals surface area (Å²) < 4.78 is 17.5. The summed E-state index contributed by atoms with van der Waals surface area (Å²) in [5.74, 6) is 2.37. The number of hydrogen-bond acceptors (Lipinski definition) is 8. The van der Waals surface area contributed by atoms with Crippen LogP contribution in [0.4, 0.5) is 5.69 Å². The maximum atomic E-state index is 6.39. The van der Waals surface area contributed by atoms with Gasteiger partial charge in [-0.15, -0.1) is 10.2 Å². The van der Waals surface area contributed by atoms with Crippen LogP contribution >= 0.6 is 11.8 Å². The molecule has 3 aromatic carbocycles. The summed E-state index contributed by atoms with van der Waals surface area (Å²) in [6.45, 7) is 0. The van der Waals surface area contributed by atoms with E-state index < -0.39 is 6.23 Å². The van der Waals surface area contributed by atoms with Gasteiger partial charge in [0.25, 0.3) is 0 Å². The Morgan fingerprint density at radius 1 is 0.909 bits per heavy atom. The highest BCUT2D eigenvalue weighted by Crippen LogP contribution is 2.43.